The number of benzene rings is 1. The second kappa shape index (κ2) is 5.82. The van der Waals surface area contributed by atoms with E-state index in [-0.39, 0.29) is 27.9 Å². The first-order chi connectivity index (χ1) is 9.81. The van der Waals surface area contributed by atoms with Crippen molar-refractivity contribution in [2.24, 2.45) is 12.8 Å². The summed E-state index contributed by atoms with van der Waals surface area (Å²) >= 11 is 4.84. The van der Waals surface area contributed by atoms with Crippen LogP contribution in [0.1, 0.15) is 5.56 Å². The lowest BCUT2D eigenvalue weighted by molar-refractivity contribution is 0.586. The Morgan fingerprint density at radius 3 is 2.62 bits per heavy atom. The molecule has 0 atom stereocenters. The van der Waals surface area contributed by atoms with Crippen molar-refractivity contribution in [2.45, 2.75) is 11.4 Å². The van der Waals surface area contributed by atoms with Crippen molar-refractivity contribution in [1.82, 2.24) is 9.13 Å². The van der Waals surface area contributed by atoms with Crippen LogP contribution in [-0.4, -0.2) is 28.3 Å². The van der Waals surface area contributed by atoms with E-state index < -0.39 is 9.84 Å². The number of aryl methyl sites for hydroxylation is 2. The largest absolute Gasteiger partial charge is 0.389 e. The van der Waals surface area contributed by atoms with Crippen molar-refractivity contribution in [1.29, 1.82) is 0 Å². The number of hydrogen-bond donors (Lipinski definition) is 1. The molecule has 0 saturated heterocycles. The minimum Gasteiger partial charge on any atom is -0.389 e. The zero-order chi connectivity index (χ0) is 15.6. The molecular weight excluding hydrogens is 310 g/mol. The van der Waals surface area contributed by atoms with Crippen LogP contribution in [0.4, 0.5) is 0 Å². The molecule has 0 saturated carbocycles. The molecule has 2 N–H and O–H groups in total. The highest BCUT2D eigenvalue weighted by Gasteiger charge is 2.16. The second-order valence-electron chi connectivity index (χ2n) is 4.60. The Morgan fingerprint density at radius 1 is 1.33 bits per heavy atom. The zero-order valence-corrected chi connectivity index (χ0v) is 13.0. The van der Waals surface area contributed by atoms with Crippen LogP contribution in [0.2, 0.25) is 0 Å². The maximum Gasteiger partial charge on any atom is 0.327 e. The topological polar surface area (TPSA) is 87.1 Å². The average Bonchev–Trinajstić information content (AvgIpc) is 2.77. The maximum atomic E-state index is 12.3. The molecule has 1 aromatic carbocycles. The van der Waals surface area contributed by atoms with E-state index in [1.54, 1.807) is 31.6 Å². The van der Waals surface area contributed by atoms with Crippen molar-refractivity contribution < 1.29 is 8.42 Å². The highest BCUT2D eigenvalue weighted by Crippen LogP contribution is 2.13. The Bertz CT molecular complexity index is 834. The third-order valence-corrected chi connectivity index (χ3v) is 5.02. The zero-order valence-electron chi connectivity index (χ0n) is 11.4. The van der Waals surface area contributed by atoms with E-state index in [2.05, 4.69) is 0 Å². The molecule has 1 heterocycles. The normalized spacial score (nSPS) is 11.5. The van der Waals surface area contributed by atoms with Crippen LogP contribution in [0.3, 0.4) is 0 Å². The minimum absolute atomic E-state index is 0.0965. The van der Waals surface area contributed by atoms with Crippen molar-refractivity contribution in [3.05, 3.63) is 52.7 Å². The van der Waals surface area contributed by atoms with Gasteiger partial charge in [0.2, 0.25) is 0 Å². The molecule has 8 heteroatoms. The Balaban J connectivity index is 2.23. The predicted octanol–water partition coefficient (Wildman–Crippen LogP) is 0.295. The molecule has 0 unspecified atom stereocenters. The molecular formula is C13H15N3O3S2. The first kappa shape index (κ1) is 15.5. The van der Waals surface area contributed by atoms with Crippen LogP contribution >= 0.6 is 12.2 Å². The van der Waals surface area contributed by atoms with Gasteiger partial charge in [-0.1, -0.05) is 24.4 Å². The average molecular weight is 325 g/mol. The van der Waals surface area contributed by atoms with Crippen LogP contribution < -0.4 is 11.4 Å². The van der Waals surface area contributed by atoms with Gasteiger partial charge in [0, 0.05) is 31.5 Å². The van der Waals surface area contributed by atoms with E-state index >= 15 is 0 Å². The Morgan fingerprint density at radius 2 is 2.05 bits per heavy atom. The summed E-state index contributed by atoms with van der Waals surface area (Å²) in [7, 11) is -1.90. The number of imidazole rings is 1. The number of nitrogens with zero attached hydrogens (tertiary/aromatic N) is 2. The van der Waals surface area contributed by atoms with Gasteiger partial charge < -0.3 is 10.3 Å². The van der Waals surface area contributed by atoms with Gasteiger partial charge in [-0.25, -0.2) is 13.2 Å². The van der Waals surface area contributed by atoms with E-state index in [1.807, 2.05) is 0 Å². The Kier molecular flexibility index (Phi) is 4.29. The molecule has 0 radical (unpaired) electrons. The van der Waals surface area contributed by atoms with Crippen LogP contribution in [0.15, 0.2) is 46.3 Å². The minimum atomic E-state index is -3.51. The second-order valence-corrected chi connectivity index (χ2v) is 7.14. The van der Waals surface area contributed by atoms with Crippen LogP contribution in [0.25, 0.3) is 0 Å². The summed E-state index contributed by atoms with van der Waals surface area (Å²) in [6.07, 6.45) is 3.14. The van der Waals surface area contributed by atoms with Gasteiger partial charge in [-0.15, -0.1) is 0 Å². The number of sulfone groups is 1. The van der Waals surface area contributed by atoms with E-state index in [1.165, 1.54) is 21.3 Å². The number of thiocarbonyl (C=S) groups is 1. The van der Waals surface area contributed by atoms with Gasteiger partial charge in [0.25, 0.3) is 0 Å². The van der Waals surface area contributed by atoms with Gasteiger partial charge in [-0.3, -0.25) is 4.57 Å². The predicted molar refractivity (Wildman–Crippen MR) is 84.1 cm³/mol. The molecule has 1 aromatic heterocycles. The van der Waals surface area contributed by atoms with Crippen molar-refractivity contribution >= 4 is 27.0 Å². The van der Waals surface area contributed by atoms with Crippen LogP contribution in [0.5, 0.6) is 0 Å². The van der Waals surface area contributed by atoms with Gasteiger partial charge in [0.05, 0.1) is 10.6 Å². The van der Waals surface area contributed by atoms with Gasteiger partial charge in [-0.05, 0) is 12.1 Å². The van der Waals surface area contributed by atoms with Crippen molar-refractivity contribution in [3.8, 4) is 0 Å². The summed E-state index contributed by atoms with van der Waals surface area (Å²) in [4.78, 5) is 12.0. The molecule has 0 fully saturated rings. The number of nitrogens with two attached hydrogens (primary N) is 1. The third-order valence-electron chi connectivity index (χ3n) is 3.10. The summed E-state index contributed by atoms with van der Waals surface area (Å²) < 4.78 is 27.3. The van der Waals surface area contributed by atoms with Crippen molar-refractivity contribution in [2.75, 3.05) is 5.75 Å². The molecule has 0 aliphatic heterocycles. The fourth-order valence-electron chi connectivity index (χ4n) is 1.86. The Hall–Kier alpha value is -1.93. The molecule has 0 amide bonds. The lowest BCUT2D eigenvalue weighted by atomic mass is 10.2. The SMILES string of the molecule is Cn1ccn(CCS(=O)(=O)c2cccc(C(N)=S)c2)c1=O. The fraction of sp³-hybridized carbons (Fsp3) is 0.231. The molecule has 2 aromatic rings. The van der Waals surface area contributed by atoms with Gasteiger partial charge >= 0.3 is 5.69 Å². The molecule has 112 valence electrons. The molecule has 2 rings (SSSR count). The highest BCUT2D eigenvalue weighted by atomic mass is 32.2. The first-order valence-electron chi connectivity index (χ1n) is 6.15. The van der Waals surface area contributed by atoms with E-state index in [9.17, 15) is 13.2 Å². The maximum absolute atomic E-state index is 12.3. The van der Waals surface area contributed by atoms with Crippen LogP contribution in [0, 0.1) is 0 Å². The van der Waals surface area contributed by atoms with E-state index in [4.69, 9.17) is 18.0 Å². The van der Waals surface area contributed by atoms with Crippen molar-refractivity contribution in [3.63, 3.8) is 0 Å². The monoisotopic (exact) mass is 325 g/mol. The molecule has 0 aliphatic rings. The van der Waals surface area contributed by atoms with Crippen LogP contribution in [-0.2, 0) is 23.4 Å². The third kappa shape index (κ3) is 3.40. The molecule has 6 nitrogen and oxygen atoms in total. The smallest absolute Gasteiger partial charge is 0.327 e. The lowest BCUT2D eigenvalue weighted by Gasteiger charge is -2.06. The first-order valence-corrected chi connectivity index (χ1v) is 8.22. The van der Waals surface area contributed by atoms with Gasteiger partial charge in [0.1, 0.15) is 4.99 Å². The quantitative estimate of drug-likeness (QED) is 0.799. The molecule has 21 heavy (non-hydrogen) atoms. The molecule has 0 bridgehead atoms. The summed E-state index contributed by atoms with van der Waals surface area (Å²) in [5.41, 5.74) is 5.76. The summed E-state index contributed by atoms with van der Waals surface area (Å²) in [5.74, 6) is -0.169. The summed E-state index contributed by atoms with van der Waals surface area (Å²) in [5, 5.41) is 0. The number of hydrogen-bond acceptors (Lipinski definition) is 4. The van der Waals surface area contributed by atoms with Gasteiger partial charge in [0.15, 0.2) is 9.84 Å². The molecule has 0 aliphatic carbocycles. The van der Waals surface area contributed by atoms with Gasteiger partial charge in [-0.2, -0.15) is 0 Å². The fourth-order valence-corrected chi connectivity index (χ4v) is 3.25. The lowest BCUT2D eigenvalue weighted by Crippen LogP contribution is -2.25. The summed E-state index contributed by atoms with van der Waals surface area (Å²) in [6.45, 7) is 0.0965. The number of aromatic nitrogens is 2. The van der Waals surface area contributed by atoms with E-state index in [0.29, 0.717) is 5.56 Å². The number of rotatable bonds is 5. The standard InChI is InChI=1S/C13H15N3O3S2/c1-15-5-6-16(13(15)17)7-8-21(18,19)11-4-2-3-10(9-11)12(14)20/h2-6,9H,7-8H2,1H3,(H2,14,20). The van der Waals surface area contributed by atoms with E-state index in [0.717, 1.165) is 0 Å². The summed E-state index contributed by atoms with van der Waals surface area (Å²) in [6, 6.07) is 6.19. The molecule has 0 spiro atoms. The Labute approximate surface area is 127 Å². The highest BCUT2D eigenvalue weighted by molar-refractivity contribution is 7.91.